The van der Waals surface area contributed by atoms with Crippen LogP contribution >= 0.6 is 0 Å². The summed E-state index contributed by atoms with van der Waals surface area (Å²) >= 11 is 0. The van der Waals surface area contributed by atoms with Crippen LogP contribution in [0.4, 0.5) is 4.79 Å². The summed E-state index contributed by atoms with van der Waals surface area (Å²) in [6.07, 6.45) is 0.123. The van der Waals surface area contributed by atoms with E-state index < -0.39 is 6.03 Å². The molecule has 116 valence electrons. The minimum absolute atomic E-state index is 0.00581. The molecule has 1 aromatic carbocycles. The first-order valence-corrected chi connectivity index (χ1v) is 6.60. The van der Waals surface area contributed by atoms with Crippen LogP contribution in [0, 0.1) is 0 Å². The fraction of sp³-hybridized carbons (Fsp3) is 0.429. The van der Waals surface area contributed by atoms with Crippen LogP contribution in [0.5, 0.6) is 11.5 Å². The number of carbonyl (C=O) groups excluding carboxylic acids is 2. The monoisotopic (exact) mass is 296 g/mol. The molecule has 1 rings (SSSR count). The van der Waals surface area contributed by atoms with E-state index in [2.05, 4.69) is 15.4 Å². The lowest BCUT2D eigenvalue weighted by atomic mass is 10.3. The lowest BCUT2D eigenvalue weighted by Gasteiger charge is -2.12. The fourth-order valence-corrected chi connectivity index (χ4v) is 1.47. The zero-order valence-corrected chi connectivity index (χ0v) is 12.2. The van der Waals surface area contributed by atoms with Gasteiger partial charge in [0.05, 0.1) is 20.1 Å². The summed E-state index contributed by atoms with van der Waals surface area (Å²) in [5, 5.41) is 5.02. The SMILES string of the molecule is CCOc1ccccc1OCNC(=O)NCCC(=O)OC. The molecule has 0 aliphatic rings. The molecule has 2 amide bonds. The molecule has 0 saturated heterocycles. The lowest BCUT2D eigenvalue weighted by molar-refractivity contribution is -0.140. The van der Waals surface area contributed by atoms with Gasteiger partial charge in [-0.25, -0.2) is 4.79 Å². The third kappa shape index (κ3) is 6.51. The quantitative estimate of drug-likeness (QED) is 0.557. The molecule has 1 aromatic rings. The first kappa shape index (κ1) is 16.6. The lowest BCUT2D eigenvalue weighted by Crippen LogP contribution is -2.38. The zero-order valence-electron chi connectivity index (χ0n) is 12.2. The van der Waals surface area contributed by atoms with Gasteiger partial charge in [0, 0.05) is 6.54 Å². The van der Waals surface area contributed by atoms with Crippen LogP contribution in [0.1, 0.15) is 13.3 Å². The Bertz CT molecular complexity index is 464. The molecular formula is C14H20N2O5. The number of hydrogen-bond donors (Lipinski definition) is 2. The van der Waals surface area contributed by atoms with E-state index in [9.17, 15) is 9.59 Å². The minimum Gasteiger partial charge on any atom is -0.490 e. The van der Waals surface area contributed by atoms with E-state index in [1.807, 2.05) is 19.1 Å². The van der Waals surface area contributed by atoms with Crippen molar-refractivity contribution < 1.29 is 23.8 Å². The van der Waals surface area contributed by atoms with E-state index in [0.29, 0.717) is 18.1 Å². The summed E-state index contributed by atoms with van der Waals surface area (Å²) in [7, 11) is 1.30. The number of rotatable bonds is 8. The van der Waals surface area contributed by atoms with Crippen LogP contribution in [0.2, 0.25) is 0 Å². The van der Waals surface area contributed by atoms with Crippen LogP contribution < -0.4 is 20.1 Å². The van der Waals surface area contributed by atoms with Gasteiger partial charge in [0.25, 0.3) is 0 Å². The Morgan fingerprint density at radius 2 is 1.76 bits per heavy atom. The van der Waals surface area contributed by atoms with Crippen LogP contribution in [-0.4, -0.2) is 39.0 Å². The number of hydrogen-bond acceptors (Lipinski definition) is 5. The Kier molecular flexibility index (Phi) is 7.49. The van der Waals surface area contributed by atoms with Crippen molar-refractivity contribution in [1.29, 1.82) is 0 Å². The van der Waals surface area contributed by atoms with E-state index in [4.69, 9.17) is 9.47 Å². The molecule has 0 heterocycles. The summed E-state index contributed by atoms with van der Waals surface area (Å²) in [5.41, 5.74) is 0. The smallest absolute Gasteiger partial charge is 0.317 e. The van der Waals surface area contributed by atoms with Gasteiger partial charge < -0.3 is 24.8 Å². The maximum atomic E-state index is 11.4. The Hall–Kier alpha value is -2.44. The molecule has 0 unspecified atom stereocenters. The maximum Gasteiger partial charge on any atom is 0.317 e. The van der Waals surface area contributed by atoms with Gasteiger partial charge in [-0.3, -0.25) is 4.79 Å². The van der Waals surface area contributed by atoms with Crippen molar-refractivity contribution in [3.05, 3.63) is 24.3 Å². The van der Waals surface area contributed by atoms with Gasteiger partial charge in [-0.2, -0.15) is 0 Å². The number of carbonyl (C=O) groups is 2. The fourth-order valence-electron chi connectivity index (χ4n) is 1.47. The molecule has 0 fully saturated rings. The first-order valence-electron chi connectivity index (χ1n) is 6.60. The van der Waals surface area contributed by atoms with Crippen LogP contribution in [0.25, 0.3) is 0 Å². The standard InChI is InChI=1S/C14H20N2O5/c1-3-20-11-6-4-5-7-12(11)21-10-16-14(18)15-9-8-13(17)19-2/h4-7H,3,8-10H2,1-2H3,(H2,15,16,18). The Morgan fingerprint density at radius 3 is 2.38 bits per heavy atom. The molecule has 0 radical (unpaired) electrons. The number of methoxy groups -OCH3 is 1. The molecule has 2 N–H and O–H groups in total. The van der Waals surface area contributed by atoms with Gasteiger partial charge in [-0.05, 0) is 19.1 Å². The number of benzene rings is 1. The number of esters is 1. The second kappa shape index (κ2) is 9.46. The largest absolute Gasteiger partial charge is 0.490 e. The van der Waals surface area contributed by atoms with Gasteiger partial charge in [-0.15, -0.1) is 0 Å². The molecule has 0 saturated carbocycles. The van der Waals surface area contributed by atoms with Crippen molar-refractivity contribution in [3.8, 4) is 11.5 Å². The topological polar surface area (TPSA) is 85.9 Å². The van der Waals surface area contributed by atoms with Gasteiger partial charge in [0.15, 0.2) is 18.2 Å². The highest BCUT2D eigenvalue weighted by Crippen LogP contribution is 2.25. The van der Waals surface area contributed by atoms with E-state index in [1.165, 1.54) is 7.11 Å². The highest BCUT2D eigenvalue weighted by molar-refractivity contribution is 5.75. The van der Waals surface area contributed by atoms with Crippen molar-refractivity contribution in [2.45, 2.75) is 13.3 Å². The summed E-state index contributed by atoms with van der Waals surface area (Å²) in [5.74, 6) is 0.791. The van der Waals surface area contributed by atoms with E-state index in [1.54, 1.807) is 12.1 Å². The molecule has 0 spiro atoms. The van der Waals surface area contributed by atoms with Crippen LogP contribution in [0.3, 0.4) is 0 Å². The molecule has 0 atom stereocenters. The third-order valence-corrected chi connectivity index (χ3v) is 2.45. The Balaban J connectivity index is 2.27. The normalized spacial score (nSPS) is 9.62. The predicted octanol–water partition coefficient (Wildman–Crippen LogP) is 1.28. The second-order valence-electron chi connectivity index (χ2n) is 3.93. The molecule has 0 aromatic heterocycles. The van der Waals surface area contributed by atoms with Crippen molar-refractivity contribution >= 4 is 12.0 Å². The molecule has 0 aliphatic heterocycles. The molecule has 7 heteroatoms. The number of nitrogens with one attached hydrogen (secondary N) is 2. The first-order chi connectivity index (χ1) is 10.2. The van der Waals surface area contributed by atoms with E-state index >= 15 is 0 Å². The zero-order chi connectivity index (χ0) is 15.5. The number of ether oxygens (including phenoxy) is 3. The Labute approximate surface area is 123 Å². The second-order valence-corrected chi connectivity index (χ2v) is 3.93. The number of para-hydroxylation sites is 2. The summed E-state index contributed by atoms with van der Waals surface area (Å²) < 4.78 is 15.3. The minimum atomic E-state index is -0.423. The predicted molar refractivity (Wildman–Crippen MR) is 76.3 cm³/mol. The highest BCUT2D eigenvalue weighted by Gasteiger charge is 2.05. The maximum absolute atomic E-state index is 11.4. The summed E-state index contributed by atoms with van der Waals surface area (Å²) in [6, 6.07) is 6.77. The molecule has 21 heavy (non-hydrogen) atoms. The van der Waals surface area contributed by atoms with Gasteiger partial charge in [0.2, 0.25) is 0 Å². The van der Waals surface area contributed by atoms with Crippen molar-refractivity contribution in [3.63, 3.8) is 0 Å². The molecule has 0 bridgehead atoms. The number of urea groups is 1. The van der Waals surface area contributed by atoms with Crippen LogP contribution in [0.15, 0.2) is 24.3 Å². The summed E-state index contributed by atoms with van der Waals surface area (Å²) in [6.45, 7) is 2.60. The van der Waals surface area contributed by atoms with Gasteiger partial charge >= 0.3 is 12.0 Å². The Morgan fingerprint density at radius 1 is 1.10 bits per heavy atom. The highest BCUT2D eigenvalue weighted by atomic mass is 16.5. The van der Waals surface area contributed by atoms with Crippen molar-refractivity contribution in [2.24, 2.45) is 0 Å². The van der Waals surface area contributed by atoms with Gasteiger partial charge in [0.1, 0.15) is 0 Å². The average molecular weight is 296 g/mol. The third-order valence-electron chi connectivity index (χ3n) is 2.45. The van der Waals surface area contributed by atoms with Crippen LogP contribution in [-0.2, 0) is 9.53 Å². The molecule has 7 nitrogen and oxygen atoms in total. The average Bonchev–Trinajstić information content (AvgIpc) is 2.49. The van der Waals surface area contributed by atoms with Crippen molar-refractivity contribution in [1.82, 2.24) is 10.6 Å². The number of amides is 2. The summed E-state index contributed by atoms with van der Waals surface area (Å²) in [4.78, 5) is 22.3. The van der Waals surface area contributed by atoms with E-state index in [-0.39, 0.29) is 25.7 Å². The van der Waals surface area contributed by atoms with Gasteiger partial charge in [-0.1, -0.05) is 12.1 Å². The van der Waals surface area contributed by atoms with E-state index in [0.717, 1.165) is 0 Å². The molecule has 0 aliphatic carbocycles. The van der Waals surface area contributed by atoms with Crippen molar-refractivity contribution in [2.75, 3.05) is 27.0 Å². The molecular weight excluding hydrogens is 276 g/mol.